The first-order valence-electron chi connectivity index (χ1n) is 3.42. The van der Waals surface area contributed by atoms with Crippen LogP contribution in [0.25, 0.3) is 0 Å². The summed E-state index contributed by atoms with van der Waals surface area (Å²) >= 11 is 0. The van der Waals surface area contributed by atoms with E-state index in [0.717, 1.165) is 0 Å². The number of carbonyl (C=O) groups is 1. The molecule has 0 aromatic carbocycles. The predicted molar refractivity (Wildman–Crippen MR) is 40.8 cm³/mol. The molecule has 0 aliphatic heterocycles. The van der Waals surface area contributed by atoms with E-state index >= 15 is 0 Å². The minimum absolute atomic E-state index is 0.358. The molecule has 1 heterocycles. The lowest BCUT2D eigenvalue weighted by molar-refractivity contribution is 0.0600. The van der Waals surface area contributed by atoms with Crippen molar-refractivity contribution >= 4 is 5.97 Å². The molecule has 0 amide bonds. The molecular formula is C8H10O4. The Morgan fingerprint density at radius 3 is 2.92 bits per heavy atom. The van der Waals surface area contributed by atoms with Crippen LogP contribution in [0.1, 0.15) is 16.1 Å². The standard InChI is InChI=1S/C8H10O4/c1-10-5-7-3-6(4-12-7)8(9)11-2/h3-4H,5H2,1-2H3. The highest BCUT2D eigenvalue weighted by atomic mass is 16.5. The Morgan fingerprint density at radius 2 is 2.33 bits per heavy atom. The van der Waals surface area contributed by atoms with E-state index in [-0.39, 0.29) is 0 Å². The molecule has 66 valence electrons. The van der Waals surface area contributed by atoms with Gasteiger partial charge < -0.3 is 13.9 Å². The van der Waals surface area contributed by atoms with E-state index in [4.69, 9.17) is 9.15 Å². The SMILES string of the molecule is COCc1cc(C(=O)OC)co1. The Hall–Kier alpha value is -1.29. The zero-order valence-corrected chi connectivity index (χ0v) is 6.99. The van der Waals surface area contributed by atoms with E-state index in [1.807, 2.05) is 0 Å². The number of furan rings is 1. The predicted octanol–water partition coefficient (Wildman–Crippen LogP) is 1.21. The zero-order chi connectivity index (χ0) is 8.97. The second-order valence-electron chi connectivity index (χ2n) is 2.23. The van der Waals surface area contributed by atoms with Gasteiger partial charge in [-0.1, -0.05) is 0 Å². The normalized spacial score (nSPS) is 9.83. The average Bonchev–Trinajstić information content (AvgIpc) is 2.52. The number of carbonyl (C=O) groups excluding carboxylic acids is 1. The van der Waals surface area contributed by atoms with Gasteiger partial charge >= 0.3 is 5.97 Å². The lowest BCUT2D eigenvalue weighted by Crippen LogP contribution is -1.98. The van der Waals surface area contributed by atoms with Crippen LogP contribution in [0.4, 0.5) is 0 Å². The molecule has 1 aromatic heterocycles. The molecule has 0 spiro atoms. The molecule has 12 heavy (non-hydrogen) atoms. The number of esters is 1. The Morgan fingerprint density at radius 1 is 1.58 bits per heavy atom. The molecular weight excluding hydrogens is 160 g/mol. The van der Waals surface area contributed by atoms with Gasteiger partial charge in [-0.15, -0.1) is 0 Å². The van der Waals surface area contributed by atoms with Crippen LogP contribution in [0, 0.1) is 0 Å². The lowest BCUT2D eigenvalue weighted by Gasteiger charge is -1.91. The molecule has 0 fully saturated rings. The smallest absolute Gasteiger partial charge is 0.341 e. The monoisotopic (exact) mass is 170 g/mol. The summed E-state index contributed by atoms with van der Waals surface area (Å²) in [4.78, 5) is 10.9. The second-order valence-corrected chi connectivity index (χ2v) is 2.23. The van der Waals surface area contributed by atoms with E-state index in [1.54, 1.807) is 13.2 Å². The van der Waals surface area contributed by atoms with Crippen LogP contribution in [0.5, 0.6) is 0 Å². The number of ether oxygens (including phenoxy) is 2. The average molecular weight is 170 g/mol. The van der Waals surface area contributed by atoms with Gasteiger partial charge in [0.15, 0.2) is 0 Å². The highest BCUT2D eigenvalue weighted by Crippen LogP contribution is 2.09. The minimum Gasteiger partial charge on any atom is -0.466 e. The first-order chi connectivity index (χ1) is 5.77. The van der Waals surface area contributed by atoms with E-state index in [2.05, 4.69) is 4.74 Å². The van der Waals surface area contributed by atoms with Crippen LogP contribution in [0.3, 0.4) is 0 Å². The van der Waals surface area contributed by atoms with Gasteiger partial charge in [-0.25, -0.2) is 4.79 Å². The fraction of sp³-hybridized carbons (Fsp3) is 0.375. The maximum Gasteiger partial charge on any atom is 0.341 e. The molecule has 0 saturated heterocycles. The topological polar surface area (TPSA) is 48.7 Å². The van der Waals surface area contributed by atoms with Crippen molar-refractivity contribution in [3.63, 3.8) is 0 Å². The van der Waals surface area contributed by atoms with Gasteiger partial charge in [0.05, 0.1) is 12.7 Å². The summed E-state index contributed by atoms with van der Waals surface area (Å²) in [6.07, 6.45) is 1.35. The van der Waals surface area contributed by atoms with E-state index in [0.29, 0.717) is 17.9 Å². The molecule has 0 aliphatic carbocycles. The molecule has 0 bridgehead atoms. The molecule has 0 aliphatic rings. The second kappa shape index (κ2) is 3.92. The van der Waals surface area contributed by atoms with Crippen molar-refractivity contribution in [1.29, 1.82) is 0 Å². The number of hydrogen-bond acceptors (Lipinski definition) is 4. The van der Waals surface area contributed by atoms with Crippen molar-refractivity contribution in [2.45, 2.75) is 6.61 Å². The van der Waals surface area contributed by atoms with Crippen LogP contribution in [-0.2, 0) is 16.1 Å². The molecule has 0 saturated carbocycles. The summed E-state index contributed by atoms with van der Waals surface area (Å²) < 4.78 is 14.3. The summed E-state index contributed by atoms with van der Waals surface area (Å²) in [7, 11) is 2.88. The van der Waals surface area contributed by atoms with Crippen LogP contribution in [-0.4, -0.2) is 20.2 Å². The summed E-state index contributed by atoms with van der Waals surface area (Å²) in [5.41, 5.74) is 0.407. The van der Waals surface area contributed by atoms with Gasteiger partial charge in [-0.05, 0) is 6.07 Å². The molecule has 0 atom stereocenters. The first kappa shape index (κ1) is 8.80. The Bertz CT molecular complexity index is 264. The van der Waals surface area contributed by atoms with Crippen molar-refractivity contribution in [2.75, 3.05) is 14.2 Å². The summed E-state index contributed by atoms with van der Waals surface area (Å²) in [5, 5.41) is 0. The zero-order valence-electron chi connectivity index (χ0n) is 6.99. The number of hydrogen-bond donors (Lipinski definition) is 0. The van der Waals surface area contributed by atoms with E-state index < -0.39 is 5.97 Å². The quantitative estimate of drug-likeness (QED) is 0.640. The van der Waals surface area contributed by atoms with Crippen LogP contribution >= 0.6 is 0 Å². The lowest BCUT2D eigenvalue weighted by atomic mass is 10.3. The van der Waals surface area contributed by atoms with Crippen molar-refractivity contribution in [3.05, 3.63) is 23.7 Å². The van der Waals surface area contributed by atoms with Gasteiger partial charge in [0.25, 0.3) is 0 Å². The number of methoxy groups -OCH3 is 2. The molecule has 4 nitrogen and oxygen atoms in total. The largest absolute Gasteiger partial charge is 0.466 e. The van der Waals surface area contributed by atoms with Gasteiger partial charge in [-0.3, -0.25) is 0 Å². The highest BCUT2D eigenvalue weighted by Gasteiger charge is 2.09. The third-order valence-electron chi connectivity index (χ3n) is 1.36. The molecule has 0 unspecified atom stereocenters. The van der Waals surface area contributed by atoms with E-state index in [1.165, 1.54) is 13.4 Å². The van der Waals surface area contributed by atoms with Crippen LogP contribution < -0.4 is 0 Å². The van der Waals surface area contributed by atoms with Gasteiger partial charge in [-0.2, -0.15) is 0 Å². The highest BCUT2D eigenvalue weighted by molar-refractivity contribution is 5.88. The fourth-order valence-corrected chi connectivity index (χ4v) is 0.823. The van der Waals surface area contributed by atoms with Crippen molar-refractivity contribution in [3.8, 4) is 0 Å². The fourth-order valence-electron chi connectivity index (χ4n) is 0.823. The van der Waals surface area contributed by atoms with Gasteiger partial charge in [0.2, 0.25) is 0 Å². The summed E-state index contributed by atoms with van der Waals surface area (Å²) in [5.74, 6) is 0.207. The Labute approximate surface area is 70.1 Å². The summed E-state index contributed by atoms with van der Waals surface area (Å²) in [6.45, 7) is 0.358. The maximum absolute atomic E-state index is 10.9. The number of rotatable bonds is 3. The first-order valence-corrected chi connectivity index (χ1v) is 3.42. The van der Waals surface area contributed by atoms with Crippen LogP contribution in [0.15, 0.2) is 16.7 Å². The van der Waals surface area contributed by atoms with Gasteiger partial charge in [0.1, 0.15) is 18.6 Å². The van der Waals surface area contributed by atoms with E-state index in [9.17, 15) is 4.79 Å². The molecule has 0 radical (unpaired) electrons. The van der Waals surface area contributed by atoms with Gasteiger partial charge in [0, 0.05) is 7.11 Å². The minimum atomic E-state index is -0.402. The van der Waals surface area contributed by atoms with Crippen LogP contribution in [0.2, 0.25) is 0 Å². The van der Waals surface area contributed by atoms with Crippen molar-refractivity contribution < 1.29 is 18.7 Å². The molecule has 1 aromatic rings. The molecule has 0 N–H and O–H groups in total. The third kappa shape index (κ3) is 1.85. The maximum atomic E-state index is 10.9. The molecule has 4 heteroatoms. The Kier molecular flexibility index (Phi) is 2.88. The van der Waals surface area contributed by atoms with Crippen molar-refractivity contribution in [1.82, 2.24) is 0 Å². The molecule has 1 rings (SSSR count). The summed E-state index contributed by atoms with van der Waals surface area (Å²) in [6, 6.07) is 1.59. The Balaban J connectivity index is 2.70. The van der Waals surface area contributed by atoms with Crippen molar-refractivity contribution in [2.24, 2.45) is 0 Å². The third-order valence-corrected chi connectivity index (χ3v) is 1.36.